The summed E-state index contributed by atoms with van der Waals surface area (Å²) in [7, 11) is 0. The molecule has 0 aliphatic rings. The van der Waals surface area contributed by atoms with Crippen LogP contribution in [0.3, 0.4) is 0 Å². The van der Waals surface area contributed by atoms with Crippen LogP contribution in [-0.2, 0) is 0 Å². The van der Waals surface area contributed by atoms with Gasteiger partial charge in [0.2, 0.25) is 5.88 Å². The highest BCUT2D eigenvalue weighted by molar-refractivity contribution is 14.1. The molecule has 0 aliphatic heterocycles. The molecule has 3 aromatic carbocycles. The number of ether oxygens (including phenoxy) is 2. The highest BCUT2D eigenvalue weighted by Crippen LogP contribution is 2.35. The van der Waals surface area contributed by atoms with Crippen LogP contribution in [0, 0.1) is 24.2 Å². The summed E-state index contributed by atoms with van der Waals surface area (Å²) in [5.41, 5.74) is 3.65. The van der Waals surface area contributed by atoms with Crippen molar-refractivity contribution in [1.82, 2.24) is 14.6 Å². The molecule has 0 bridgehead atoms. The quantitative estimate of drug-likeness (QED) is 0.0639. The Kier molecular flexibility index (Phi) is 9.58. The molecule has 2 aromatic heterocycles. The summed E-state index contributed by atoms with van der Waals surface area (Å²) in [5.74, 6) is 2.23. The third-order valence-electron chi connectivity index (χ3n) is 6.75. The molecule has 0 unspecified atom stereocenters. The molecule has 0 N–H and O–H groups in total. The number of pyridine rings is 1. The van der Waals surface area contributed by atoms with Crippen molar-refractivity contribution in [1.29, 1.82) is 0 Å². The van der Waals surface area contributed by atoms with E-state index in [0.717, 1.165) is 41.3 Å². The van der Waals surface area contributed by atoms with Gasteiger partial charge in [0.05, 0.1) is 35.8 Å². The fourth-order valence-electron chi connectivity index (χ4n) is 4.60. The summed E-state index contributed by atoms with van der Waals surface area (Å²) >= 11 is 4.30. The summed E-state index contributed by atoms with van der Waals surface area (Å²) in [5, 5.41) is 16.1. The van der Waals surface area contributed by atoms with E-state index < -0.39 is 4.92 Å². The standard InChI is InChI=1S/C32H27I2N5O5/c1-5-43-28-12-19(4)24(15-23(28)18(2)3)31-37-27-9-7-6-8-22(27)32(40)38(31)36-16-20-13-25(33)30(26(34)14-20)44-29-11-10-21(17-35-29)39(41)42/h6-18H,5H2,1-4H3. The number of para-hydroxylation sites is 1. The Bertz CT molecular complexity index is 1950. The zero-order chi connectivity index (χ0) is 31.5. The predicted octanol–water partition coefficient (Wildman–Crippen LogP) is 8.08. The second kappa shape index (κ2) is 13.4. The molecule has 0 spiro atoms. The number of rotatable bonds is 9. The van der Waals surface area contributed by atoms with Gasteiger partial charge in [-0.1, -0.05) is 26.0 Å². The minimum absolute atomic E-state index is 0.119. The van der Waals surface area contributed by atoms with Gasteiger partial charge in [0.25, 0.3) is 11.2 Å². The fraction of sp³-hybridized carbons (Fsp3) is 0.188. The largest absolute Gasteiger partial charge is 0.494 e. The van der Waals surface area contributed by atoms with Gasteiger partial charge < -0.3 is 9.47 Å². The highest BCUT2D eigenvalue weighted by atomic mass is 127. The van der Waals surface area contributed by atoms with Crippen LogP contribution in [0.5, 0.6) is 17.4 Å². The molecular weight excluding hydrogens is 788 g/mol. The Morgan fingerprint density at radius 3 is 2.45 bits per heavy atom. The summed E-state index contributed by atoms with van der Waals surface area (Å²) in [6, 6.07) is 17.8. The average Bonchev–Trinajstić information content (AvgIpc) is 2.99. The van der Waals surface area contributed by atoms with Crippen molar-refractivity contribution in [2.45, 2.75) is 33.6 Å². The van der Waals surface area contributed by atoms with Crippen molar-refractivity contribution >= 4 is 68.0 Å². The van der Waals surface area contributed by atoms with Crippen molar-refractivity contribution in [3.63, 3.8) is 0 Å². The van der Waals surface area contributed by atoms with Crippen LogP contribution in [0.4, 0.5) is 5.69 Å². The van der Waals surface area contributed by atoms with E-state index in [1.54, 1.807) is 18.3 Å². The maximum atomic E-state index is 13.8. The minimum atomic E-state index is -0.513. The van der Waals surface area contributed by atoms with Crippen LogP contribution >= 0.6 is 45.2 Å². The Morgan fingerprint density at radius 2 is 1.82 bits per heavy atom. The SMILES string of the molecule is CCOc1cc(C)c(-c2nc3ccccc3c(=O)n2N=Cc2cc(I)c(Oc3ccc([N+](=O)[O-])cn3)c(I)c2)cc1C(C)C. The van der Waals surface area contributed by atoms with Gasteiger partial charge in [-0.3, -0.25) is 14.9 Å². The first kappa shape index (κ1) is 31.5. The van der Waals surface area contributed by atoms with E-state index in [4.69, 9.17) is 14.5 Å². The van der Waals surface area contributed by atoms with Gasteiger partial charge in [0.1, 0.15) is 11.9 Å². The lowest BCUT2D eigenvalue weighted by Crippen LogP contribution is -2.21. The van der Waals surface area contributed by atoms with Gasteiger partial charge >= 0.3 is 0 Å². The monoisotopic (exact) mass is 815 g/mol. The lowest BCUT2D eigenvalue weighted by Gasteiger charge is -2.18. The molecular formula is C32H27I2N5O5. The molecule has 0 atom stereocenters. The maximum absolute atomic E-state index is 13.8. The number of fused-ring (bicyclic) bond motifs is 1. The summed E-state index contributed by atoms with van der Waals surface area (Å²) < 4.78 is 14.7. The van der Waals surface area contributed by atoms with Crippen molar-refractivity contribution < 1.29 is 14.4 Å². The summed E-state index contributed by atoms with van der Waals surface area (Å²) in [4.78, 5) is 33.2. The summed E-state index contributed by atoms with van der Waals surface area (Å²) in [6.07, 6.45) is 2.77. The van der Waals surface area contributed by atoms with Gasteiger partial charge in [0.15, 0.2) is 11.6 Å². The number of aromatic nitrogens is 3. The molecule has 12 heteroatoms. The first-order valence-electron chi connectivity index (χ1n) is 13.7. The van der Waals surface area contributed by atoms with Gasteiger partial charge in [-0.15, -0.1) is 0 Å². The molecule has 44 heavy (non-hydrogen) atoms. The number of hydrogen-bond acceptors (Lipinski definition) is 8. The van der Waals surface area contributed by atoms with Crippen molar-refractivity contribution in [3.05, 3.63) is 111 Å². The molecule has 5 rings (SSSR count). The molecule has 2 heterocycles. The van der Waals surface area contributed by atoms with E-state index in [9.17, 15) is 14.9 Å². The second-order valence-electron chi connectivity index (χ2n) is 10.1. The summed E-state index contributed by atoms with van der Waals surface area (Å²) in [6.45, 7) is 8.68. The topological polar surface area (TPSA) is 122 Å². The Balaban J connectivity index is 1.58. The van der Waals surface area contributed by atoms with Crippen molar-refractivity contribution in [2.24, 2.45) is 5.10 Å². The Hall–Kier alpha value is -3.92. The number of nitrogens with zero attached hydrogens (tertiary/aromatic N) is 5. The lowest BCUT2D eigenvalue weighted by atomic mass is 9.96. The molecule has 0 amide bonds. The van der Waals surface area contributed by atoms with Crippen molar-refractivity contribution in [3.8, 4) is 28.8 Å². The van der Waals surface area contributed by atoms with E-state index in [1.165, 1.54) is 16.8 Å². The number of benzene rings is 3. The van der Waals surface area contributed by atoms with Gasteiger partial charge in [0, 0.05) is 17.7 Å². The van der Waals surface area contributed by atoms with E-state index in [1.807, 2.05) is 50.2 Å². The van der Waals surface area contributed by atoms with Crippen LogP contribution in [0.1, 0.15) is 43.4 Å². The first-order valence-corrected chi connectivity index (χ1v) is 15.8. The zero-order valence-electron chi connectivity index (χ0n) is 24.2. The number of nitro groups is 1. The minimum Gasteiger partial charge on any atom is -0.494 e. The molecule has 0 radical (unpaired) electrons. The van der Waals surface area contributed by atoms with E-state index in [2.05, 4.69) is 69.1 Å². The molecule has 0 saturated carbocycles. The van der Waals surface area contributed by atoms with Crippen LogP contribution in [-0.4, -0.2) is 32.4 Å². The maximum Gasteiger partial charge on any atom is 0.287 e. The molecule has 0 fully saturated rings. The van der Waals surface area contributed by atoms with E-state index in [-0.39, 0.29) is 23.0 Å². The number of halogens is 2. The third-order valence-corrected chi connectivity index (χ3v) is 8.36. The number of aryl methyl sites for hydroxylation is 1. The Labute approximate surface area is 280 Å². The van der Waals surface area contributed by atoms with Gasteiger partial charge in [-0.05, 0) is 118 Å². The van der Waals surface area contributed by atoms with Gasteiger partial charge in [-0.25, -0.2) is 9.97 Å². The predicted molar refractivity (Wildman–Crippen MR) is 187 cm³/mol. The normalized spacial score (nSPS) is 11.4. The lowest BCUT2D eigenvalue weighted by molar-refractivity contribution is -0.385. The van der Waals surface area contributed by atoms with E-state index in [0.29, 0.717) is 29.1 Å². The number of hydrogen-bond donors (Lipinski definition) is 0. The zero-order valence-corrected chi connectivity index (χ0v) is 28.6. The Morgan fingerprint density at radius 1 is 1.09 bits per heavy atom. The molecule has 224 valence electrons. The van der Waals surface area contributed by atoms with Gasteiger partial charge in [-0.2, -0.15) is 9.78 Å². The molecule has 10 nitrogen and oxygen atoms in total. The molecule has 5 aromatic rings. The first-order chi connectivity index (χ1) is 21.1. The van der Waals surface area contributed by atoms with Crippen molar-refractivity contribution in [2.75, 3.05) is 6.61 Å². The smallest absolute Gasteiger partial charge is 0.287 e. The van der Waals surface area contributed by atoms with Crippen LogP contribution in [0.15, 0.2) is 76.8 Å². The van der Waals surface area contributed by atoms with Crippen LogP contribution in [0.25, 0.3) is 22.3 Å². The highest BCUT2D eigenvalue weighted by Gasteiger charge is 2.19. The molecule has 0 aliphatic carbocycles. The van der Waals surface area contributed by atoms with Crippen LogP contribution in [0.2, 0.25) is 0 Å². The second-order valence-corrected chi connectivity index (χ2v) is 12.5. The van der Waals surface area contributed by atoms with E-state index >= 15 is 0 Å². The average molecular weight is 815 g/mol. The van der Waals surface area contributed by atoms with Crippen LogP contribution < -0.4 is 15.0 Å². The third kappa shape index (κ3) is 6.60. The molecule has 0 saturated heterocycles. The fourth-order valence-corrected chi connectivity index (χ4v) is 6.63.